The minimum atomic E-state index is -1.67. The van der Waals surface area contributed by atoms with Gasteiger partial charge >= 0.3 is 7.12 Å². The fourth-order valence-corrected chi connectivity index (χ4v) is 5.28. The minimum Gasteiger partial charge on any atom is -0.464 e. The molecule has 0 unspecified atom stereocenters. The number of nitrogens with zero attached hydrogens (tertiary/aromatic N) is 1. The molecule has 3 heterocycles. The zero-order valence-electron chi connectivity index (χ0n) is 18.1. The van der Waals surface area contributed by atoms with Crippen molar-refractivity contribution in [3.8, 4) is 0 Å². The van der Waals surface area contributed by atoms with Gasteiger partial charge in [-0.05, 0) is 42.5 Å². The predicted molar refractivity (Wildman–Crippen MR) is 121 cm³/mol. The second-order valence-electron chi connectivity index (χ2n) is 9.06. The molecule has 1 spiro atoms. The molecule has 0 bridgehead atoms. The summed E-state index contributed by atoms with van der Waals surface area (Å²) in [7, 11) is -1.67. The Morgan fingerprint density at radius 2 is 2.03 bits per heavy atom. The molecule has 0 radical (unpaired) electrons. The second kappa shape index (κ2) is 8.77. The lowest BCUT2D eigenvalue weighted by atomic mass is 9.75. The van der Waals surface area contributed by atoms with Gasteiger partial charge in [0.05, 0.1) is 30.9 Å². The number of nitrogens with one attached hydrogen (secondary N) is 1. The maximum Gasteiger partial charge on any atom is 0.475 e. The highest BCUT2D eigenvalue weighted by molar-refractivity contribution is 6.43. The fourth-order valence-electron chi connectivity index (χ4n) is 5.28. The van der Waals surface area contributed by atoms with E-state index in [0.29, 0.717) is 6.61 Å². The van der Waals surface area contributed by atoms with Crippen molar-refractivity contribution >= 4 is 24.0 Å². The van der Waals surface area contributed by atoms with E-state index in [1.807, 2.05) is 30.5 Å². The lowest BCUT2D eigenvalue weighted by Gasteiger charge is -2.41. The normalized spacial score (nSPS) is 18.4. The molecule has 168 valence electrons. The van der Waals surface area contributed by atoms with Crippen LogP contribution in [0.4, 0.5) is 0 Å². The van der Waals surface area contributed by atoms with E-state index in [-0.39, 0.29) is 24.3 Å². The molecule has 3 N–H and O–H groups in total. The summed E-state index contributed by atoms with van der Waals surface area (Å²) < 4.78 is 14.0. The van der Waals surface area contributed by atoms with Crippen LogP contribution in [0.1, 0.15) is 48.9 Å². The number of carbonyl (C=O) groups excluding carboxylic acids is 1. The van der Waals surface area contributed by atoms with Crippen molar-refractivity contribution in [2.75, 3.05) is 6.61 Å². The third kappa shape index (κ3) is 4.10. The van der Waals surface area contributed by atoms with E-state index in [1.165, 1.54) is 25.0 Å². The van der Waals surface area contributed by atoms with Gasteiger partial charge < -0.3 is 29.1 Å². The lowest BCUT2D eigenvalue weighted by Crippen LogP contribution is -2.48. The van der Waals surface area contributed by atoms with E-state index in [1.54, 1.807) is 6.26 Å². The first kappa shape index (κ1) is 21.3. The zero-order chi connectivity index (χ0) is 22.1. The Bertz CT molecular complexity index is 1100. The maximum atomic E-state index is 12.8. The Morgan fingerprint density at radius 1 is 1.22 bits per heavy atom. The molecule has 1 aromatic carbocycles. The van der Waals surface area contributed by atoms with E-state index in [2.05, 4.69) is 16.0 Å². The number of rotatable bonds is 6. The molecule has 0 saturated heterocycles. The molecular formula is C24H29BN2O5. The molecule has 1 aliphatic carbocycles. The van der Waals surface area contributed by atoms with Crippen LogP contribution in [0.15, 0.2) is 47.2 Å². The van der Waals surface area contributed by atoms with Gasteiger partial charge in [-0.25, -0.2) is 0 Å². The van der Waals surface area contributed by atoms with Crippen molar-refractivity contribution in [2.24, 2.45) is 0 Å². The molecule has 2 aromatic heterocycles. The lowest BCUT2D eigenvalue weighted by molar-refractivity contribution is -0.120. The van der Waals surface area contributed by atoms with Gasteiger partial charge in [0.2, 0.25) is 5.91 Å². The Kier molecular flexibility index (Phi) is 5.84. The summed E-state index contributed by atoms with van der Waals surface area (Å²) in [6.45, 7) is 1.50. The first-order valence-corrected chi connectivity index (χ1v) is 11.5. The summed E-state index contributed by atoms with van der Waals surface area (Å²) in [5.74, 6) is -1.06. The number of carbonyl (C=O) groups is 1. The fraction of sp³-hybridized carbons (Fsp3) is 0.458. The smallest absolute Gasteiger partial charge is 0.464 e. The number of fused-ring (bicyclic) bond motifs is 3. The van der Waals surface area contributed by atoms with Crippen LogP contribution in [0.25, 0.3) is 11.0 Å². The summed E-state index contributed by atoms with van der Waals surface area (Å²) in [4.78, 5) is 12.8. The van der Waals surface area contributed by atoms with Gasteiger partial charge in [-0.2, -0.15) is 0 Å². The molecule has 1 saturated carbocycles. The summed E-state index contributed by atoms with van der Waals surface area (Å²) in [6, 6.07) is 9.67. The monoisotopic (exact) mass is 436 g/mol. The summed E-state index contributed by atoms with van der Waals surface area (Å²) >= 11 is 0. The molecule has 5 rings (SSSR count). The van der Waals surface area contributed by atoms with Gasteiger partial charge in [0.1, 0.15) is 11.2 Å². The molecule has 7 nitrogen and oxygen atoms in total. The van der Waals surface area contributed by atoms with Crippen LogP contribution >= 0.6 is 0 Å². The summed E-state index contributed by atoms with van der Waals surface area (Å²) in [6.07, 6.45) is 9.74. The molecule has 1 aliphatic heterocycles. The van der Waals surface area contributed by atoms with Crippen LogP contribution in [-0.4, -0.2) is 40.2 Å². The highest BCUT2D eigenvalue weighted by Gasteiger charge is 2.40. The average molecular weight is 436 g/mol. The molecule has 1 amide bonds. The van der Waals surface area contributed by atoms with Crippen molar-refractivity contribution in [3.05, 3.63) is 59.6 Å². The Morgan fingerprint density at radius 3 is 2.84 bits per heavy atom. The van der Waals surface area contributed by atoms with Crippen molar-refractivity contribution < 1.29 is 24.0 Å². The number of hydrogen-bond donors (Lipinski definition) is 3. The van der Waals surface area contributed by atoms with Crippen molar-refractivity contribution in [2.45, 2.75) is 63.0 Å². The van der Waals surface area contributed by atoms with E-state index in [9.17, 15) is 14.8 Å². The number of benzene rings is 1. The molecule has 1 fully saturated rings. The third-order valence-corrected chi connectivity index (χ3v) is 6.86. The number of furan rings is 1. The van der Waals surface area contributed by atoms with Crippen molar-refractivity contribution in [1.82, 2.24) is 9.88 Å². The van der Waals surface area contributed by atoms with E-state index in [4.69, 9.17) is 9.15 Å². The Labute approximate surface area is 187 Å². The summed E-state index contributed by atoms with van der Waals surface area (Å²) in [5, 5.41) is 23.5. The first-order valence-electron chi connectivity index (χ1n) is 11.5. The Hall–Kier alpha value is -2.55. The quantitative estimate of drug-likeness (QED) is 0.517. The van der Waals surface area contributed by atoms with Crippen LogP contribution in [0.3, 0.4) is 0 Å². The second-order valence-corrected chi connectivity index (χ2v) is 9.06. The van der Waals surface area contributed by atoms with E-state index in [0.717, 1.165) is 41.5 Å². The van der Waals surface area contributed by atoms with Crippen LogP contribution in [0.5, 0.6) is 0 Å². The van der Waals surface area contributed by atoms with Gasteiger partial charge in [0.15, 0.2) is 0 Å². The first-order chi connectivity index (χ1) is 15.5. The van der Waals surface area contributed by atoms with Gasteiger partial charge in [-0.15, -0.1) is 0 Å². The van der Waals surface area contributed by atoms with Gasteiger partial charge in [0.25, 0.3) is 0 Å². The Balaban J connectivity index is 1.28. The van der Waals surface area contributed by atoms with E-state index >= 15 is 0 Å². The molecule has 1 atom stereocenters. The molecule has 2 aliphatic rings. The number of para-hydroxylation sites is 1. The number of ether oxygens (including phenoxy) is 1. The molecule has 8 heteroatoms. The molecule has 32 heavy (non-hydrogen) atoms. The standard InChI is InChI=1S/C24H29BN2O5/c28-23(26-22(25(29)30)14-18-16-31-20-7-3-2-6-19(18)20)13-17-12-21-24(8-4-1-5-9-24)32-11-10-27(21)15-17/h2-3,6-7,12,15-16,22,29-30H,1,4-5,8-11,13-14H2,(H,26,28)/t22-/m0/s1. The van der Waals surface area contributed by atoms with Crippen LogP contribution < -0.4 is 5.32 Å². The van der Waals surface area contributed by atoms with Crippen LogP contribution in [0, 0.1) is 0 Å². The van der Waals surface area contributed by atoms with Gasteiger partial charge in [0, 0.05) is 18.1 Å². The maximum absolute atomic E-state index is 12.8. The van der Waals surface area contributed by atoms with Gasteiger partial charge in [-0.1, -0.05) is 37.5 Å². The SMILES string of the molecule is O=C(Cc1cc2n(c1)CCOC21CCCCC1)N[C@@H](Cc1coc2ccccc12)B(O)O. The highest BCUT2D eigenvalue weighted by atomic mass is 16.5. The third-order valence-electron chi connectivity index (χ3n) is 6.86. The zero-order valence-corrected chi connectivity index (χ0v) is 18.1. The largest absolute Gasteiger partial charge is 0.475 e. The predicted octanol–water partition coefficient (Wildman–Crippen LogP) is 2.71. The topological polar surface area (TPSA) is 96.9 Å². The number of hydrogen-bond acceptors (Lipinski definition) is 5. The minimum absolute atomic E-state index is 0.186. The highest BCUT2D eigenvalue weighted by Crippen LogP contribution is 2.43. The van der Waals surface area contributed by atoms with Crippen molar-refractivity contribution in [3.63, 3.8) is 0 Å². The van der Waals surface area contributed by atoms with Crippen LogP contribution in [0.2, 0.25) is 0 Å². The van der Waals surface area contributed by atoms with Crippen molar-refractivity contribution in [1.29, 1.82) is 0 Å². The molecular weight excluding hydrogens is 407 g/mol. The van der Waals surface area contributed by atoms with E-state index < -0.39 is 13.1 Å². The number of amides is 1. The van der Waals surface area contributed by atoms with Crippen LogP contribution in [-0.2, 0) is 34.5 Å². The van der Waals surface area contributed by atoms with Gasteiger partial charge in [-0.3, -0.25) is 4.79 Å². The number of aromatic nitrogens is 1. The summed E-state index contributed by atoms with van der Waals surface area (Å²) in [5.41, 5.74) is 3.45. The average Bonchev–Trinajstić information content (AvgIpc) is 3.39. The molecule has 3 aromatic rings.